The molecule has 0 amide bonds. The fourth-order valence-electron chi connectivity index (χ4n) is 10.4. The fraction of sp³-hybridized carbons (Fsp3) is 0.600. The maximum Gasteiger partial charge on any atom is 0.404 e. The highest BCUT2D eigenvalue weighted by molar-refractivity contribution is 5.86. The van der Waals surface area contributed by atoms with Crippen LogP contribution in [0.5, 0.6) is 0 Å². The number of rotatable bonds is 8. The van der Waals surface area contributed by atoms with E-state index in [1.54, 1.807) is 6.07 Å². The molecular weight excluding hydrogens is 592 g/mol. The molecule has 2 saturated carbocycles. The number of aromatic nitrogens is 3. The number of hydrogen-bond acceptors (Lipinski definition) is 3. The van der Waals surface area contributed by atoms with Crippen LogP contribution in [0.25, 0.3) is 11.3 Å². The molecule has 4 aliphatic rings. The average Bonchev–Trinajstić information content (AvgIpc) is 3.85. The van der Waals surface area contributed by atoms with Gasteiger partial charge in [0.15, 0.2) is 12.4 Å². The summed E-state index contributed by atoms with van der Waals surface area (Å²) in [6.07, 6.45) is 18.0. The number of fused-ring (bicyclic) bond motifs is 6. The van der Waals surface area contributed by atoms with E-state index in [-0.39, 0.29) is 18.0 Å². The molecule has 6 atom stereocenters. The van der Waals surface area contributed by atoms with Crippen LogP contribution < -0.4 is 9.13 Å². The Hall–Kier alpha value is -3.22. The van der Waals surface area contributed by atoms with Crippen LogP contribution in [0.3, 0.4) is 0 Å². The van der Waals surface area contributed by atoms with Gasteiger partial charge in [-0.2, -0.15) is 13.8 Å². The maximum atomic E-state index is 16.4. The normalized spacial score (nSPS) is 31.3. The van der Waals surface area contributed by atoms with Gasteiger partial charge in [0.1, 0.15) is 5.56 Å². The Morgan fingerprint density at radius 1 is 1.00 bits per heavy atom. The zero-order chi connectivity index (χ0) is 33.0. The third-order valence-corrected chi connectivity index (χ3v) is 12.6. The van der Waals surface area contributed by atoms with Gasteiger partial charge in [0, 0.05) is 29.7 Å². The second kappa shape index (κ2) is 12.3. The van der Waals surface area contributed by atoms with Gasteiger partial charge in [0.2, 0.25) is 24.2 Å². The predicted molar refractivity (Wildman–Crippen MR) is 176 cm³/mol. The summed E-state index contributed by atoms with van der Waals surface area (Å²) in [5.41, 5.74) is 2.06. The van der Waals surface area contributed by atoms with Crippen molar-refractivity contribution in [2.24, 2.45) is 23.2 Å². The molecule has 0 saturated heterocycles. The summed E-state index contributed by atoms with van der Waals surface area (Å²) in [5.74, 6) is 0.418. The lowest BCUT2D eigenvalue weighted by Crippen LogP contribution is -2.80. The van der Waals surface area contributed by atoms with Crippen LogP contribution in [0, 0.1) is 35.1 Å². The fourth-order valence-corrected chi connectivity index (χ4v) is 10.4. The van der Waals surface area contributed by atoms with E-state index in [2.05, 4.69) is 55.6 Å². The molecule has 0 bridgehead atoms. The van der Waals surface area contributed by atoms with E-state index in [4.69, 9.17) is 4.74 Å². The first-order chi connectivity index (χ1) is 22.7. The van der Waals surface area contributed by atoms with Crippen molar-refractivity contribution in [1.29, 1.82) is 0 Å². The molecule has 3 aromatic heterocycles. The van der Waals surface area contributed by atoms with Crippen LogP contribution in [0.1, 0.15) is 126 Å². The van der Waals surface area contributed by atoms with Crippen LogP contribution in [-0.2, 0) is 22.2 Å². The number of nitrogens with zero attached hydrogens (tertiary/aromatic N) is 3. The molecule has 0 N–H and O–H groups in total. The van der Waals surface area contributed by atoms with Gasteiger partial charge in [0.25, 0.3) is 5.69 Å². The standard InChI is InChI=1S/C40H51F2N3O2/c1-5-13-28-22-29(28)30-14-9-8-11-18-38(30,4)24-27-16-20-45-33(21-27)35-31(23-34(41)43-36(35)42)39(7-3,17-6-2)25-40(45)26-47-37(46)32-15-10-12-19-44(32)40/h10,12,15-16,19-21,23,28-30H,5-9,11,13-14,17-18,22,24-26H2,1-4H3/q+2. The molecule has 7 heteroatoms. The topological polar surface area (TPSA) is 47.0 Å². The quantitative estimate of drug-likeness (QED) is 0.107. The van der Waals surface area contributed by atoms with E-state index >= 15 is 8.78 Å². The third-order valence-electron chi connectivity index (χ3n) is 12.6. The van der Waals surface area contributed by atoms with Crippen molar-refractivity contribution >= 4 is 5.97 Å². The summed E-state index contributed by atoms with van der Waals surface area (Å²) < 4.78 is 41.7. The number of carbonyl (C=O) groups is 1. The van der Waals surface area contributed by atoms with Gasteiger partial charge in [0.05, 0.1) is 6.42 Å². The molecule has 5 nitrogen and oxygen atoms in total. The van der Waals surface area contributed by atoms with Crippen molar-refractivity contribution in [2.75, 3.05) is 6.61 Å². The minimum absolute atomic E-state index is 0.0990. The Bertz CT molecular complexity index is 1680. The van der Waals surface area contributed by atoms with Crippen LogP contribution >= 0.6 is 0 Å². The van der Waals surface area contributed by atoms with Crippen LogP contribution in [0.15, 0.2) is 48.8 Å². The first-order valence-corrected chi connectivity index (χ1v) is 18.3. The number of cyclic esters (lactones) is 1. The second-order valence-electron chi connectivity index (χ2n) is 15.5. The smallest absolute Gasteiger partial charge is 0.404 e. The first-order valence-electron chi connectivity index (χ1n) is 18.3. The molecular formula is C40H51F2N3O2+2. The van der Waals surface area contributed by atoms with E-state index in [1.807, 2.05) is 22.9 Å². The minimum Gasteiger partial charge on any atom is -0.442 e. The Morgan fingerprint density at radius 2 is 1.83 bits per heavy atom. The molecule has 0 aromatic carbocycles. The summed E-state index contributed by atoms with van der Waals surface area (Å²) in [7, 11) is 0. The molecule has 47 heavy (non-hydrogen) atoms. The lowest BCUT2D eigenvalue weighted by atomic mass is 9.67. The van der Waals surface area contributed by atoms with Gasteiger partial charge < -0.3 is 4.74 Å². The van der Waals surface area contributed by atoms with Gasteiger partial charge in [-0.3, -0.25) is 0 Å². The van der Waals surface area contributed by atoms with Crippen molar-refractivity contribution in [3.8, 4) is 11.3 Å². The lowest BCUT2D eigenvalue weighted by molar-refractivity contribution is -0.996. The van der Waals surface area contributed by atoms with Crippen molar-refractivity contribution in [1.82, 2.24) is 4.98 Å². The maximum absolute atomic E-state index is 16.4. The Labute approximate surface area is 278 Å². The van der Waals surface area contributed by atoms with E-state index in [0.717, 1.165) is 31.1 Å². The summed E-state index contributed by atoms with van der Waals surface area (Å²) in [4.78, 5) is 16.9. The number of carbonyl (C=O) groups excluding carboxylic acids is 1. The van der Waals surface area contributed by atoms with Crippen molar-refractivity contribution in [3.63, 3.8) is 0 Å². The van der Waals surface area contributed by atoms with E-state index in [1.165, 1.54) is 63.0 Å². The molecule has 250 valence electrons. The first kappa shape index (κ1) is 32.3. The minimum atomic E-state index is -0.873. The number of esters is 1. The Balaban J connectivity index is 1.43. The molecule has 2 aliphatic carbocycles. The Morgan fingerprint density at radius 3 is 2.62 bits per heavy atom. The van der Waals surface area contributed by atoms with E-state index in [9.17, 15) is 4.79 Å². The molecule has 7 rings (SSSR count). The molecule has 5 heterocycles. The summed E-state index contributed by atoms with van der Waals surface area (Å²) in [6, 6.07) is 11.4. The largest absolute Gasteiger partial charge is 0.442 e. The highest BCUT2D eigenvalue weighted by Crippen LogP contribution is 2.58. The zero-order valence-corrected chi connectivity index (χ0v) is 28.7. The average molecular weight is 644 g/mol. The third kappa shape index (κ3) is 5.40. The number of hydrogen-bond donors (Lipinski definition) is 0. The highest BCUT2D eigenvalue weighted by atomic mass is 19.1. The van der Waals surface area contributed by atoms with Crippen LogP contribution in [-0.4, -0.2) is 17.6 Å². The molecule has 1 spiro atoms. The number of ether oxygens (including phenoxy) is 1. The molecule has 0 radical (unpaired) electrons. The summed E-state index contributed by atoms with van der Waals surface area (Å²) >= 11 is 0. The second-order valence-corrected chi connectivity index (χ2v) is 15.5. The predicted octanol–water partition coefficient (Wildman–Crippen LogP) is 8.39. The van der Waals surface area contributed by atoms with Crippen LogP contribution in [0.2, 0.25) is 0 Å². The van der Waals surface area contributed by atoms with Gasteiger partial charge >= 0.3 is 11.6 Å². The number of halogens is 2. The van der Waals surface area contributed by atoms with Crippen LogP contribution in [0.4, 0.5) is 8.78 Å². The summed E-state index contributed by atoms with van der Waals surface area (Å²) in [6.45, 7) is 9.14. The molecule has 2 aliphatic heterocycles. The summed E-state index contributed by atoms with van der Waals surface area (Å²) in [5, 5.41) is 0. The Kier molecular flexibility index (Phi) is 8.49. The number of pyridine rings is 3. The van der Waals surface area contributed by atoms with Gasteiger partial charge in [-0.1, -0.05) is 66.2 Å². The van der Waals surface area contributed by atoms with Gasteiger partial charge in [-0.05, 0) is 85.0 Å². The highest BCUT2D eigenvalue weighted by Gasteiger charge is 2.64. The molecule has 3 aromatic rings. The van der Waals surface area contributed by atoms with Crippen molar-refractivity contribution < 1.29 is 27.4 Å². The van der Waals surface area contributed by atoms with Crippen molar-refractivity contribution in [2.45, 2.75) is 122 Å². The molecule has 6 unspecified atom stereocenters. The van der Waals surface area contributed by atoms with Crippen molar-refractivity contribution in [3.05, 3.63) is 77.5 Å². The zero-order valence-electron chi connectivity index (χ0n) is 28.7. The lowest BCUT2D eigenvalue weighted by Gasteiger charge is -2.38. The molecule has 2 fully saturated rings. The van der Waals surface area contributed by atoms with E-state index in [0.29, 0.717) is 41.3 Å². The monoisotopic (exact) mass is 643 g/mol. The SMILES string of the molecule is CCCC1CC1C1CCCCCC1(C)Cc1cc[n+]2c(c1)-c1c(cc(F)nc1F)C(CC)(CCC)CC21COC(=O)c2cccc[n+]21. The van der Waals surface area contributed by atoms with E-state index < -0.39 is 23.0 Å². The van der Waals surface area contributed by atoms with Gasteiger partial charge in [-0.15, -0.1) is 9.13 Å². The van der Waals surface area contributed by atoms with Gasteiger partial charge in [-0.25, -0.2) is 4.79 Å².